The van der Waals surface area contributed by atoms with Crippen LogP contribution in [0.5, 0.6) is 11.5 Å². The van der Waals surface area contributed by atoms with Gasteiger partial charge in [0.1, 0.15) is 24.0 Å². The van der Waals surface area contributed by atoms with Gasteiger partial charge in [0.25, 0.3) is 0 Å². The van der Waals surface area contributed by atoms with E-state index in [1.165, 1.54) is 0 Å². The van der Waals surface area contributed by atoms with Gasteiger partial charge >= 0.3 is 0 Å². The highest BCUT2D eigenvalue weighted by Gasteiger charge is 2.32. The molecule has 0 saturated carbocycles. The fourth-order valence-corrected chi connectivity index (χ4v) is 9.41. The van der Waals surface area contributed by atoms with E-state index in [0.717, 1.165) is 39.3 Å². The Hall–Kier alpha value is -7.89. The minimum Gasteiger partial charge on any atom is -0.457 e. The second-order valence-electron chi connectivity index (χ2n) is 21.3. The first-order valence-electron chi connectivity index (χ1n) is 30.4. The van der Waals surface area contributed by atoms with Crippen LogP contribution >= 0.6 is 0 Å². The molecule has 8 aromatic carbocycles. The number of para-hydroxylation sites is 3. The van der Waals surface area contributed by atoms with Gasteiger partial charge in [-0.15, -0.1) is 0 Å². The maximum atomic E-state index is 9.57. The summed E-state index contributed by atoms with van der Waals surface area (Å²) in [7, 11) is 0. The van der Waals surface area contributed by atoms with E-state index < -0.39 is 41.7 Å². The van der Waals surface area contributed by atoms with E-state index in [0.29, 0.717) is 55.7 Å². The highest BCUT2D eigenvalue weighted by Crippen LogP contribution is 2.51. The Labute approximate surface area is 437 Å². The predicted molar refractivity (Wildman–Crippen MR) is 300 cm³/mol. The van der Waals surface area contributed by atoms with Crippen molar-refractivity contribution in [2.24, 2.45) is 0 Å². The van der Waals surface area contributed by atoms with Crippen LogP contribution in [-0.2, 0) is 16.2 Å². The highest BCUT2D eigenvalue weighted by molar-refractivity contribution is 6.11. The number of hydrogen-bond acceptors (Lipinski definition) is 4. The normalized spacial score (nSPS) is 15.6. The average Bonchev–Trinajstić information content (AvgIpc) is 1.80. The molecular formula is C66H62N4O. The third-order valence-corrected chi connectivity index (χ3v) is 13.2. The Kier molecular flexibility index (Phi) is 8.09. The molecule has 0 bridgehead atoms. The lowest BCUT2D eigenvalue weighted by molar-refractivity contribution is 0.483. The Morgan fingerprint density at radius 2 is 1.10 bits per heavy atom. The molecule has 0 aliphatic carbocycles. The third kappa shape index (κ3) is 8.65. The van der Waals surface area contributed by atoms with Crippen molar-refractivity contribution >= 4 is 44.6 Å². The maximum Gasteiger partial charge on any atom is 0.137 e. The lowest BCUT2D eigenvalue weighted by Crippen LogP contribution is -2.25. The number of fused-ring (bicyclic) bond motifs is 4. The van der Waals surface area contributed by atoms with E-state index in [1.54, 1.807) is 28.8 Å². The minimum absolute atomic E-state index is 0.0351. The van der Waals surface area contributed by atoms with Gasteiger partial charge in [-0.2, -0.15) is 0 Å². The molecule has 0 radical (unpaired) electrons. The molecule has 0 fully saturated rings. The molecule has 5 nitrogen and oxygen atoms in total. The Morgan fingerprint density at radius 1 is 0.479 bits per heavy atom. The number of hydrogen-bond donors (Lipinski definition) is 0. The summed E-state index contributed by atoms with van der Waals surface area (Å²) in [6.45, 7) is 19.0. The zero-order chi connectivity index (χ0) is 60.5. The van der Waals surface area contributed by atoms with Crippen molar-refractivity contribution in [2.45, 2.75) is 78.6 Å². The number of pyridine rings is 1. The van der Waals surface area contributed by atoms with Crippen LogP contribution in [0.2, 0.25) is 0 Å². The first-order valence-corrected chi connectivity index (χ1v) is 23.9. The fraction of sp³-hybridized carbons (Fsp3) is 0.197. The van der Waals surface area contributed by atoms with Crippen molar-refractivity contribution < 1.29 is 22.6 Å². The molecule has 1 aliphatic rings. The van der Waals surface area contributed by atoms with Gasteiger partial charge in [0.15, 0.2) is 0 Å². The molecule has 0 atom stereocenters. The van der Waals surface area contributed by atoms with Crippen molar-refractivity contribution in [1.82, 2.24) is 9.55 Å². The molecule has 5 heteroatoms. The lowest BCUT2D eigenvalue weighted by Gasteiger charge is -2.29. The van der Waals surface area contributed by atoms with Crippen LogP contribution in [0.1, 0.15) is 96.8 Å². The first-order chi connectivity index (χ1) is 39.5. The second kappa shape index (κ2) is 17.5. The second-order valence-corrected chi connectivity index (χ2v) is 21.3. The van der Waals surface area contributed by atoms with Gasteiger partial charge in [-0.1, -0.05) is 183 Å². The summed E-state index contributed by atoms with van der Waals surface area (Å²) in [6, 6.07) is 34.5. The summed E-state index contributed by atoms with van der Waals surface area (Å²) < 4.78 is 123. The molecular weight excluding hydrogens is 865 g/mol. The van der Waals surface area contributed by atoms with Crippen LogP contribution in [0.15, 0.2) is 200 Å². The number of benzene rings is 8. The van der Waals surface area contributed by atoms with Crippen LogP contribution < -0.4 is 14.5 Å². The monoisotopic (exact) mass is 940 g/mol. The number of ether oxygens (including phenoxy) is 1. The molecule has 10 aromatic rings. The maximum absolute atomic E-state index is 9.57. The zero-order valence-electron chi connectivity index (χ0n) is 54.5. The summed E-state index contributed by atoms with van der Waals surface area (Å²) in [5, 5.41) is 1.28. The predicted octanol–water partition coefficient (Wildman–Crippen LogP) is 18.1. The topological polar surface area (TPSA) is 33.5 Å². The molecule has 0 saturated heterocycles. The van der Waals surface area contributed by atoms with Crippen LogP contribution in [0.3, 0.4) is 0 Å². The first kappa shape index (κ1) is 32.8. The van der Waals surface area contributed by atoms with Gasteiger partial charge in [-0.3, -0.25) is 4.57 Å². The Morgan fingerprint density at radius 3 is 1.77 bits per heavy atom. The van der Waals surface area contributed by atoms with Crippen molar-refractivity contribution in [2.75, 3.05) is 16.5 Å². The number of anilines is 4. The van der Waals surface area contributed by atoms with Gasteiger partial charge in [0, 0.05) is 45.9 Å². The summed E-state index contributed by atoms with van der Waals surface area (Å²) in [5.74, 6) is 0.998. The summed E-state index contributed by atoms with van der Waals surface area (Å²) >= 11 is 0. The third-order valence-electron chi connectivity index (χ3n) is 13.2. The molecule has 0 amide bonds. The minimum atomic E-state index is -0.703. The number of rotatable bonds is 8. The molecule has 0 N–H and O–H groups in total. The summed E-state index contributed by atoms with van der Waals surface area (Å²) in [4.78, 5) is 8.87. The van der Waals surface area contributed by atoms with Crippen molar-refractivity contribution in [3.63, 3.8) is 0 Å². The standard InChI is InChI=1S/C66H62N4O/c1-64(2,3)48-34-35-67-62(40-48)70-58-33-30-46(44-20-12-10-13-21-44)38-57(58)56-32-31-53(42-61(56)70)71-52-25-18-24-51(41-52)68-43-69(60-29-17-16-28-59(60)68)63-54(45-22-14-11-15-23-45)26-19-27-55(63)47-36-49(65(4,5)6)39-50(37-47)66(7,8)9/h10-42H,43H2,1-9H3/i10D,11D,12D,13D,14D,15D,20D,21D,22D,23D,34D,35D,40D. The van der Waals surface area contributed by atoms with E-state index in [-0.39, 0.29) is 76.9 Å². The summed E-state index contributed by atoms with van der Waals surface area (Å²) in [6.07, 6.45) is -0.304. The fourth-order valence-electron chi connectivity index (χ4n) is 9.41. The van der Waals surface area contributed by atoms with Gasteiger partial charge in [-0.25, -0.2) is 4.98 Å². The van der Waals surface area contributed by atoms with Gasteiger partial charge < -0.3 is 14.5 Å². The average molecular weight is 940 g/mol. The number of aromatic nitrogens is 2. The van der Waals surface area contributed by atoms with Crippen molar-refractivity contribution in [3.8, 4) is 50.7 Å². The van der Waals surface area contributed by atoms with E-state index >= 15 is 0 Å². The highest BCUT2D eigenvalue weighted by atomic mass is 16.5. The molecule has 1 aliphatic heterocycles. The Bertz CT molecular complexity index is 4310. The van der Waals surface area contributed by atoms with Gasteiger partial charge in [0.05, 0.1) is 45.9 Å². The molecule has 2 aromatic heterocycles. The molecule has 0 spiro atoms. The van der Waals surface area contributed by atoms with Gasteiger partial charge in [0.2, 0.25) is 0 Å². The molecule has 11 rings (SSSR count). The van der Waals surface area contributed by atoms with Crippen LogP contribution in [0.4, 0.5) is 22.7 Å². The van der Waals surface area contributed by atoms with Crippen LogP contribution in [0.25, 0.3) is 61.0 Å². The SMILES string of the molecule is [2H]c1nc(-n2c3ccc(-c4c([2H])c([2H])c([2H])c([2H])c4[2H])cc3c3ccc(Oc4cccc(N5CN(c6c(-c7cc(C(C)(C)C)cc(C(C)(C)C)c7)cccc6-c6c([2H])c([2H])c([2H])c([2H])c6[2H])c6ccccc65)c4)cc32)c([2H])c(C(C)(C)C)c1[2H]. The summed E-state index contributed by atoms with van der Waals surface area (Å²) in [5.41, 5.74) is 8.39. The number of nitrogens with zero attached hydrogens (tertiary/aromatic N) is 4. The quantitative estimate of drug-likeness (QED) is 0.152. The van der Waals surface area contributed by atoms with E-state index in [9.17, 15) is 4.11 Å². The smallest absolute Gasteiger partial charge is 0.137 e. The van der Waals surface area contributed by atoms with Crippen LogP contribution in [0, 0.1) is 0 Å². The largest absolute Gasteiger partial charge is 0.457 e. The lowest BCUT2D eigenvalue weighted by atomic mass is 9.78. The van der Waals surface area contributed by atoms with Crippen molar-refractivity contribution in [1.29, 1.82) is 0 Å². The van der Waals surface area contributed by atoms with E-state index in [2.05, 4.69) is 74.5 Å². The van der Waals surface area contributed by atoms with Crippen molar-refractivity contribution in [3.05, 3.63) is 217 Å². The molecule has 3 heterocycles. The molecule has 352 valence electrons. The van der Waals surface area contributed by atoms with Crippen LogP contribution in [-0.4, -0.2) is 16.2 Å². The van der Waals surface area contributed by atoms with E-state index in [4.69, 9.17) is 18.4 Å². The van der Waals surface area contributed by atoms with Gasteiger partial charge in [-0.05, 0) is 116 Å². The zero-order valence-corrected chi connectivity index (χ0v) is 41.5. The molecule has 0 unspecified atom stereocenters. The van der Waals surface area contributed by atoms with E-state index in [1.807, 2.05) is 99.6 Å². The Balaban J connectivity index is 1.05. The molecule has 71 heavy (non-hydrogen) atoms.